The number of imidazole rings is 1. The van der Waals surface area contributed by atoms with Gasteiger partial charge in [-0.25, -0.2) is 13.4 Å². The molecule has 1 aromatic heterocycles. The lowest BCUT2D eigenvalue weighted by atomic mass is 9.91. The fourth-order valence-corrected chi connectivity index (χ4v) is 4.23. The van der Waals surface area contributed by atoms with Gasteiger partial charge in [0.05, 0.1) is 5.60 Å². The monoisotopic (exact) mass is 285 g/mol. The number of sulfonamides is 1. The molecule has 19 heavy (non-hydrogen) atoms. The third-order valence-electron chi connectivity index (χ3n) is 4.14. The highest BCUT2D eigenvalue weighted by Crippen LogP contribution is 2.45. The van der Waals surface area contributed by atoms with E-state index in [1.54, 1.807) is 17.7 Å². The van der Waals surface area contributed by atoms with Crippen LogP contribution in [0.3, 0.4) is 0 Å². The van der Waals surface area contributed by atoms with Crippen molar-refractivity contribution in [2.75, 3.05) is 13.1 Å². The van der Waals surface area contributed by atoms with Crippen LogP contribution in [0.5, 0.6) is 0 Å². The van der Waals surface area contributed by atoms with E-state index in [0.29, 0.717) is 12.4 Å². The van der Waals surface area contributed by atoms with Crippen LogP contribution in [0.4, 0.5) is 0 Å². The Hall–Kier alpha value is -0.920. The summed E-state index contributed by atoms with van der Waals surface area (Å²) in [4.78, 5) is 4.12. The van der Waals surface area contributed by atoms with E-state index in [4.69, 9.17) is 0 Å². The maximum atomic E-state index is 12.4. The summed E-state index contributed by atoms with van der Waals surface area (Å²) in [6, 6.07) is 0. The number of rotatable bonds is 4. The van der Waals surface area contributed by atoms with Gasteiger partial charge in [-0.05, 0) is 32.6 Å². The Balaban J connectivity index is 1.80. The second-order valence-electron chi connectivity index (χ2n) is 5.56. The van der Waals surface area contributed by atoms with Gasteiger partial charge in [0.25, 0.3) is 10.0 Å². The van der Waals surface area contributed by atoms with Crippen LogP contribution in [-0.2, 0) is 16.6 Å². The molecule has 2 aliphatic rings. The van der Waals surface area contributed by atoms with Crippen molar-refractivity contribution in [3.8, 4) is 0 Å². The predicted octanol–water partition coefficient (Wildman–Crippen LogP) is 0.357. The van der Waals surface area contributed by atoms with Crippen molar-refractivity contribution < 1.29 is 13.5 Å². The Morgan fingerprint density at radius 1 is 1.47 bits per heavy atom. The summed E-state index contributed by atoms with van der Waals surface area (Å²) >= 11 is 0. The van der Waals surface area contributed by atoms with Crippen LogP contribution in [0.1, 0.15) is 25.6 Å². The number of nitrogens with zero attached hydrogens (tertiary/aromatic N) is 3. The second-order valence-corrected chi connectivity index (χ2v) is 7.45. The minimum atomic E-state index is -3.55. The number of aryl methyl sites for hydroxylation is 2. The Kier molecular flexibility index (Phi) is 2.78. The summed E-state index contributed by atoms with van der Waals surface area (Å²) in [5.74, 6) is 0.980. The summed E-state index contributed by atoms with van der Waals surface area (Å²) in [5.41, 5.74) is -0.796. The summed E-state index contributed by atoms with van der Waals surface area (Å²) in [5, 5.41) is 10.3. The predicted molar refractivity (Wildman–Crippen MR) is 69.1 cm³/mol. The summed E-state index contributed by atoms with van der Waals surface area (Å²) in [6.07, 6.45) is 3.58. The molecule has 106 valence electrons. The quantitative estimate of drug-likeness (QED) is 0.866. The van der Waals surface area contributed by atoms with Crippen LogP contribution in [0.25, 0.3) is 0 Å². The number of hydrogen-bond acceptors (Lipinski definition) is 4. The first-order valence-electron chi connectivity index (χ1n) is 6.63. The van der Waals surface area contributed by atoms with Crippen LogP contribution in [0.15, 0.2) is 11.2 Å². The molecule has 0 unspecified atom stereocenters. The second kappa shape index (κ2) is 4.04. The van der Waals surface area contributed by atoms with Gasteiger partial charge in [-0.15, -0.1) is 0 Å². The molecule has 0 spiro atoms. The van der Waals surface area contributed by atoms with Crippen LogP contribution >= 0.6 is 0 Å². The van der Waals surface area contributed by atoms with Gasteiger partial charge in [-0.2, -0.15) is 4.31 Å². The molecule has 0 amide bonds. The first-order valence-corrected chi connectivity index (χ1v) is 8.07. The molecule has 2 heterocycles. The maximum absolute atomic E-state index is 12.4. The summed E-state index contributed by atoms with van der Waals surface area (Å²) < 4.78 is 27.9. The van der Waals surface area contributed by atoms with E-state index < -0.39 is 15.6 Å². The minimum absolute atomic E-state index is 0.0877. The van der Waals surface area contributed by atoms with Crippen molar-refractivity contribution in [1.82, 2.24) is 13.9 Å². The molecule has 1 aromatic rings. The van der Waals surface area contributed by atoms with Crippen molar-refractivity contribution in [3.05, 3.63) is 12.0 Å². The molecule has 1 saturated carbocycles. The van der Waals surface area contributed by atoms with Gasteiger partial charge in [0, 0.05) is 25.8 Å². The van der Waals surface area contributed by atoms with E-state index in [2.05, 4.69) is 4.98 Å². The van der Waals surface area contributed by atoms with Crippen molar-refractivity contribution in [3.63, 3.8) is 0 Å². The fraction of sp³-hybridized carbons (Fsp3) is 0.750. The van der Waals surface area contributed by atoms with Gasteiger partial charge in [0.2, 0.25) is 0 Å². The maximum Gasteiger partial charge on any atom is 0.262 e. The molecular formula is C12H19N3O3S. The van der Waals surface area contributed by atoms with Gasteiger partial charge in [0.15, 0.2) is 5.03 Å². The molecule has 1 aliphatic carbocycles. The molecule has 2 fully saturated rings. The highest BCUT2D eigenvalue weighted by atomic mass is 32.2. The summed E-state index contributed by atoms with van der Waals surface area (Å²) in [7, 11) is -3.55. The lowest BCUT2D eigenvalue weighted by Crippen LogP contribution is -2.64. The van der Waals surface area contributed by atoms with Crippen LogP contribution in [0, 0.1) is 12.8 Å². The normalized spacial score (nSPS) is 23.3. The molecule has 1 aliphatic heterocycles. The zero-order chi connectivity index (χ0) is 13.8. The molecule has 1 N–H and O–H groups in total. The van der Waals surface area contributed by atoms with Crippen molar-refractivity contribution in [2.45, 2.75) is 43.9 Å². The van der Waals surface area contributed by atoms with Gasteiger partial charge in [-0.3, -0.25) is 0 Å². The highest BCUT2D eigenvalue weighted by molar-refractivity contribution is 7.89. The smallest absolute Gasteiger partial charge is 0.262 e. The first-order chi connectivity index (χ1) is 8.87. The molecule has 0 bridgehead atoms. The molecule has 1 saturated heterocycles. The summed E-state index contributed by atoms with van der Waals surface area (Å²) in [6.45, 7) is 4.84. The highest BCUT2D eigenvalue weighted by Gasteiger charge is 2.55. The standard InChI is InChI=1S/C12H19N3O3S/c1-3-14-6-11(13-9(14)2)19(17,18)15-7-12(16,8-15)10-4-5-10/h6,10,16H,3-5,7-8H2,1-2H3. The largest absolute Gasteiger partial charge is 0.387 e. The molecule has 7 heteroatoms. The molecule has 0 atom stereocenters. The topological polar surface area (TPSA) is 75.4 Å². The van der Waals surface area contributed by atoms with Gasteiger partial charge >= 0.3 is 0 Å². The van der Waals surface area contributed by atoms with Gasteiger partial charge in [0.1, 0.15) is 5.82 Å². The molecule has 6 nitrogen and oxygen atoms in total. The van der Waals surface area contributed by atoms with Crippen LogP contribution in [0.2, 0.25) is 0 Å². The Labute approximate surface area is 113 Å². The van der Waals surface area contributed by atoms with Gasteiger partial charge in [-0.1, -0.05) is 0 Å². The molecule has 3 rings (SSSR count). The zero-order valence-corrected chi connectivity index (χ0v) is 12.0. The number of hydrogen-bond donors (Lipinski definition) is 1. The molecule has 0 radical (unpaired) electrons. The average molecular weight is 285 g/mol. The van der Waals surface area contributed by atoms with E-state index in [9.17, 15) is 13.5 Å². The third-order valence-corrected chi connectivity index (χ3v) is 5.80. The van der Waals surface area contributed by atoms with Gasteiger partial charge < -0.3 is 9.67 Å². The number of aliphatic hydroxyl groups is 1. The fourth-order valence-electron chi connectivity index (χ4n) is 2.67. The minimum Gasteiger partial charge on any atom is -0.387 e. The number of β-amino-alcohol motifs (C(OH)–C–C–N with tert-alkyl or cyclic N) is 1. The average Bonchev–Trinajstić information content (AvgIpc) is 3.08. The van der Waals surface area contributed by atoms with E-state index in [1.165, 1.54) is 4.31 Å². The molecular weight excluding hydrogens is 266 g/mol. The lowest BCUT2D eigenvalue weighted by Gasteiger charge is -2.45. The lowest BCUT2D eigenvalue weighted by molar-refractivity contribution is -0.0765. The zero-order valence-electron chi connectivity index (χ0n) is 11.2. The van der Waals surface area contributed by atoms with E-state index in [0.717, 1.165) is 12.8 Å². The van der Waals surface area contributed by atoms with E-state index >= 15 is 0 Å². The molecule has 0 aromatic carbocycles. The van der Waals surface area contributed by atoms with Crippen LogP contribution in [-0.4, -0.2) is 46.1 Å². The van der Waals surface area contributed by atoms with Crippen molar-refractivity contribution >= 4 is 10.0 Å². The van der Waals surface area contributed by atoms with Crippen molar-refractivity contribution in [2.24, 2.45) is 5.92 Å². The van der Waals surface area contributed by atoms with Crippen LogP contribution < -0.4 is 0 Å². The SMILES string of the molecule is CCn1cc(S(=O)(=O)N2CC(O)(C3CC3)C2)nc1C. The first kappa shape index (κ1) is 13.1. The Morgan fingerprint density at radius 2 is 2.11 bits per heavy atom. The Bertz CT molecular complexity index is 598. The number of aromatic nitrogens is 2. The third kappa shape index (κ3) is 2.00. The van der Waals surface area contributed by atoms with Crippen molar-refractivity contribution in [1.29, 1.82) is 0 Å². The Morgan fingerprint density at radius 3 is 2.58 bits per heavy atom. The van der Waals surface area contributed by atoms with E-state index in [-0.39, 0.29) is 24.0 Å². The van der Waals surface area contributed by atoms with E-state index in [1.807, 2.05) is 6.92 Å².